The number of amidine groups is 1. The molecule has 0 bridgehead atoms. The third kappa shape index (κ3) is 3.68. The Labute approximate surface area is 187 Å². The third-order valence-corrected chi connectivity index (χ3v) is 6.80. The number of hydrogen-bond acceptors (Lipinski definition) is 3. The van der Waals surface area contributed by atoms with Gasteiger partial charge in [0.25, 0.3) is 0 Å². The summed E-state index contributed by atoms with van der Waals surface area (Å²) in [5.41, 5.74) is 2.51. The summed E-state index contributed by atoms with van der Waals surface area (Å²) in [4.78, 5) is 19.5. The second kappa shape index (κ2) is 7.97. The van der Waals surface area contributed by atoms with Crippen molar-refractivity contribution in [1.29, 1.82) is 5.41 Å². The average Bonchev–Trinajstić information content (AvgIpc) is 3.44. The van der Waals surface area contributed by atoms with Crippen LogP contribution in [-0.2, 0) is 16.8 Å². The summed E-state index contributed by atoms with van der Waals surface area (Å²) in [7, 11) is 0. The van der Waals surface area contributed by atoms with Gasteiger partial charge in [0.15, 0.2) is 0 Å². The zero-order chi connectivity index (χ0) is 21.4. The van der Waals surface area contributed by atoms with E-state index < -0.39 is 5.41 Å². The van der Waals surface area contributed by atoms with Crippen molar-refractivity contribution in [3.8, 4) is 11.1 Å². The quantitative estimate of drug-likeness (QED) is 0.561. The molecule has 1 saturated carbocycles. The van der Waals surface area contributed by atoms with Gasteiger partial charge in [0.1, 0.15) is 5.84 Å². The Morgan fingerprint density at radius 3 is 2.58 bits per heavy atom. The van der Waals surface area contributed by atoms with Gasteiger partial charge >= 0.3 is 0 Å². The number of carbonyl (C=O) groups excluding carboxylic acids is 1. The van der Waals surface area contributed by atoms with Crippen molar-refractivity contribution < 1.29 is 4.79 Å². The average molecular weight is 433 g/mol. The Hall–Kier alpha value is -2.92. The first kappa shape index (κ1) is 20.0. The van der Waals surface area contributed by atoms with Gasteiger partial charge in [0, 0.05) is 36.9 Å². The molecule has 2 aliphatic rings. The molecule has 1 unspecified atom stereocenters. The van der Waals surface area contributed by atoms with Crippen LogP contribution in [-0.4, -0.2) is 32.7 Å². The van der Waals surface area contributed by atoms with Crippen LogP contribution in [0.5, 0.6) is 0 Å². The van der Waals surface area contributed by atoms with E-state index in [1.807, 2.05) is 41.1 Å². The Kier molecular flexibility index (Phi) is 5.14. The lowest BCUT2D eigenvalue weighted by atomic mass is 9.74. The second-order valence-corrected chi connectivity index (χ2v) is 9.01. The molecule has 2 aromatic carbocycles. The first-order valence-electron chi connectivity index (χ1n) is 10.8. The number of benzene rings is 2. The highest BCUT2D eigenvalue weighted by Crippen LogP contribution is 2.54. The highest BCUT2D eigenvalue weighted by atomic mass is 35.5. The van der Waals surface area contributed by atoms with Crippen molar-refractivity contribution in [2.24, 2.45) is 5.92 Å². The Morgan fingerprint density at radius 2 is 1.87 bits per heavy atom. The molecule has 5 rings (SSSR count). The molecule has 1 aromatic heterocycles. The summed E-state index contributed by atoms with van der Waals surface area (Å²) in [6, 6.07) is 16.1. The molecule has 5 nitrogen and oxygen atoms in total. The Bertz CT molecular complexity index is 1120. The molecular formula is C25H25ClN4O. The van der Waals surface area contributed by atoms with Gasteiger partial charge in [-0.2, -0.15) is 0 Å². The van der Waals surface area contributed by atoms with Crippen molar-refractivity contribution in [3.63, 3.8) is 0 Å². The molecule has 31 heavy (non-hydrogen) atoms. The molecule has 2 heterocycles. The van der Waals surface area contributed by atoms with Gasteiger partial charge in [0.2, 0.25) is 5.91 Å². The topological polar surface area (TPSA) is 62.0 Å². The van der Waals surface area contributed by atoms with Crippen molar-refractivity contribution >= 4 is 23.3 Å². The molecule has 6 heteroatoms. The predicted molar refractivity (Wildman–Crippen MR) is 122 cm³/mol. The van der Waals surface area contributed by atoms with Crippen LogP contribution in [0.1, 0.15) is 31.2 Å². The minimum Gasteiger partial charge on any atom is -0.337 e. The lowest BCUT2D eigenvalue weighted by Gasteiger charge is -2.28. The molecule has 1 saturated heterocycles. The summed E-state index contributed by atoms with van der Waals surface area (Å²) >= 11 is 6.20. The number of rotatable bonds is 7. The maximum atomic E-state index is 13.8. The van der Waals surface area contributed by atoms with Crippen molar-refractivity contribution in [2.75, 3.05) is 6.54 Å². The minimum absolute atomic E-state index is 0.0916. The zero-order valence-electron chi connectivity index (χ0n) is 17.3. The van der Waals surface area contributed by atoms with Gasteiger partial charge < -0.3 is 4.57 Å². The number of imidazole rings is 1. The van der Waals surface area contributed by atoms with Crippen molar-refractivity contribution in [1.82, 2.24) is 14.5 Å². The molecule has 1 atom stereocenters. The fourth-order valence-corrected chi connectivity index (χ4v) is 5.06. The van der Waals surface area contributed by atoms with E-state index in [-0.39, 0.29) is 5.91 Å². The summed E-state index contributed by atoms with van der Waals surface area (Å²) in [6.07, 6.45) is 8.84. The van der Waals surface area contributed by atoms with Gasteiger partial charge in [-0.25, -0.2) is 4.98 Å². The van der Waals surface area contributed by atoms with Crippen LogP contribution in [0, 0.1) is 11.3 Å². The normalized spacial score (nSPS) is 21.1. The largest absolute Gasteiger partial charge is 0.337 e. The van der Waals surface area contributed by atoms with Gasteiger partial charge in [-0.3, -0.25) is 15.1 Å². The molecule has 1 N–H and O–H groups in total. The van der Waals surface area contributed by atoms with E-state index in [0.717, 1.165) is 42.5 Å². The number of halogens is 1. The van der Waals surface area contributed by atoms with Crippen LogP contribution in [0.25, 0.3) is 11.1 Å². The Balaban J connectivity index is 1.43. The molecule has 3 aromatic rings. The fraction of sp³-hybridized carbons (Fsp3) is 0.320. The fourth-order valence-electron chi connectivity index (χ4n) is 4.87. The van der Waals surface area contributed by atoms with Crippen LogP contribution in [0.3, 0.4) is 0 Å². The molecule has 2 fully saturated rings. The van der Waals surface area contributed by atoms with Crippen LogP contribution < -0.4 is 0 Å². The molecular weight excluding hydrogens is 408 g/mol. The summed E-state index contributed by atoms with van der Waals surface area (Å²) in [5.74, 6) is 0.846. The molecule has 0 radical (unpaired) electrons. The molecule has 158 valence electrons. The summed E-state index contributed by atoms with van der Waals surface area (Å²) in [5, 5.41) is 9.33. The number of aryl methyl sites for hydroxylation is 1. The van der Waals surface area contributed by atoms with E-state index in [1.165, 1.54) is 0 Å². The molecule has 1 aliphatic carbocycles. The van der Waals surface area contributed by atoms with Crippen LogP contribution in [0.2, 0.25) is 5.02 Å². The van der Waals surface area contributed by atoms with Gasteiger partial charge in [0.05, 0.1) is 11.7 Å². The van der Waals surface area contributed by atoms with Crippen molar-refractivity contribution in [2.45, 2.75) is 37.6 Å². The second-order valence-electron chi connectivity index (χ2n) is 8.57. The van der Waals surface area contributed by atoms with Gasteiger partial charge in [-0.15, -0.1) is 0 Å². The lowest BCUT2D eigenvalue weighted by molar-refractivity contribution is -0.131. The molecule has 0 spiro atoms. The maximum Gasteiger partial charge on any atom is 0.239 e. The standard InChI is InChI=1S/C25H25ClN4O/c26-22-7-2-5-19(15-22)18-4-1-6-21(14-18)25(20-8-9-20)16-23(27)30(24(25)31)12-3-11-29-13-10-28-17-29/h1-2,4-7,10,13-15,17,20,27H,3,8-9,11-12,16H2. The lowest BCUT2D eigenvalue weighted by Crippen LogP contribution is -2.40. The Morgan fingerprint density at radius 1 is 1.10 bits per heavy atom. The van der Waals surface area contributed by atoms with E-state index in [4.69, 9.17) is 17.0 Å². The van der Waals surface area contributed by atoms with Crippen molar-refractivity contribution in [3.05, 3.63) is 77.8 Å². The minimum atomic E-state index is -0.610. The number of likely N-dealkylation sites (tertiary alicyclic amines) is 1. The zero-order valence-corrected chi connectivity index (χ0v) is 18.1. The SMILES string of the molecule is N=C1CC(c2cccc(-c3cccc(Cl)c3)c2)(C2CC2)C(=O)N1CCCn1ccnc1. The number of nitrogens with zero attached hydrogens (tertiary/aromatic N) is 3. The number of amides is 1. The first-order valence-corrected chi connectivity index (χ1v) is 11.2. The molecule has 1 amide bonds. The third-order valence-electron chi connectivity index (χ3n) is 6.57. The van der Waals surface area contributed by atoms with Gasteiger partial charge in [-0.1, -0.05) is 48.0 Å². The molecule has 1 aliphatic heterocycles. The monoisotopic (exact) mass is 432 g/mol. The first-order chi connectivity index (χ1) is 15.1. The highest BCUT2D eigenvalue weighted by molar-refractivity contribution is 6.30. The smallest absolute Gasteiger partial charge is 0.239 e. The van der Waals surface area contributed by atoms with E-state index in [1.54, 1.807) is 17.4 Å². The summed E-state index contributed by atoms with van der Waals surface area (Å²) < 4.78 is 2.01. The number of hydrogen-bond donors (Lipinski definition) is 1. The van der Waals surface area contributed by atoms with Gasteiger partial charge in [-0.05, 0) is 54.0 Å². The number of nitrogens with one attached hydrogen (secondary N) is 1. The van der Waals surface area contributed by atoms with E-state index in [0.29, 0.717) is 29.7 Å². The van der Waals surface area contributed by atoms with E-state index in [2.05, 4.69) is 23.2 Å². The van der Waals surface area contributed by atoms with E-state index >= 15 is 0 Å². The number of carbonyl (C=O) groups is 1. The predicted octanol–water partition coefficient (Wildman–Crippen LogP) is 5.15. The number of aromatic nitrogens is 2. The van der Waals surface area contributed by atoms with Crippen LogP contribution in [0.15, 0.2) is 67.3 Å². The highest BCUT2D eigenvalue weighted by Gasteiger charge is 2.58. The maximum absolute atomic E-state index is 13.8. The summed E-state index contributed by atoms with van der Waals surface area (Å²) in [6.45, 7) is 1.36. The van der Waals surface area contributed by atoms with Crippen LogP contribution >= 0.6 is 11.6 Å². The van der Waals surface area contributed by atoms with E-state index in [9.17, 15) is 4.79 Å². The van der Waals surface area contributed by atoms with Crippen LogP contribution in [0.4, 0.5) is 0 Å².